The van der Waals surface area contributed by atoms with Gasteiger partial charge in [-0.3, -0.25) is 0 Å². The lowest BCUT2D eigenvalue weighted by atomic mass is 10.1. The standard InChI is InChI=1S/C17H15ClN2/c18-11-9-13-5-7-15(8-6-13)20-17-16-4-2-1-3-14(16)10-12-19-17/h1-8,10,12H,9,11H2,(H,19,20). The number of aryl methyl sites for hydroxylation is 1. The van der Waals surface area contributed by atoms with E-state index in [1.54, 1.807) is 0 Å². The van der Waals surface area contributed by atoms with E-state index in [0.29, 0.717) is 5.88 Å². The SMILES string of the molecule is ClCCc1ccc(Nc2nccc3ccccc23)cc1. The summed E-state index contributed by atoms with van der Waals surface area (Å²) in [6, 6.07) is 18.6. The van der Waals surface area contributed by atoms with Crippen LogP contribution in [0.5, 0.6) is 0 Å². The normalized spacial score (nSPS) is 10.7. The van der Waals surface area contributed by atoms with E-state index < -0.39 is 0 Å². The van der Waals surface area contributed by atoms with Crippen molar-refractivity contribution >= 4 is 33.9 Å². The van der Waals surface area contributed by atoms with E-state index >= 15 is 0 Å². The third-order valence-corrected chi connectivity index (χ3v) is 3.46. The molecule has 0 saturated carbocycles. The molecule has 3 rings (SSSR count). The Labute approximate surface area is 123 Å². The summed E-state index contributed by atoms with van der Waals surface area (Å²) in [5.41, 5.74) is 2.28. The average Bonchev–Trinajstić information content (AvgIpc) is 2.50. The topological polar surface area (TPSA) is 24.9 Å². The number of fused-ring (bicyclic) bond motifs is 1. The van der Waals surface area contributed by atoms with Gasteiger partial charge < -0.3 is 5.32 Å². The molecule has 0 fully saturated rings. The van der Waals surface area contributed by atoms with Crippen LogP contribution in [0.15, 0.2) is 60.8 Å². The Kier molecular flexibility index (Phi) is 3.84. The van der Waals surface area contributed by atoms with Crippen molar-refractivity contribution in [2.24, 2.45) is 0 Å². The molecular formula is C17H15ClN2. The summed E-state index contributed by atoms with van der Waals surface area (Å²) in [6.07, 6.45) is 2.72. The quantitative estimate of drug-likeness (QED) is 0.698. The van der Waals surface area contributed by atoms with Crippen molar-refractivity contribution in [2.75, 3.05) is 11.2 Å². The Balaban J connectivity index is 1.89. The zero-order chi connectivity index (χ0) is 13.8. The zero-order valence-electron chi connectivity index (χ0n) is 11.0. The molecule has 1 aromatic heterocycles. The van der Waals surface area contributed by atoms with Gasteiger partial charge in [0.1, 0.15) is 5.82 Å². The van der Waals surface area contributed by atoms with Gasteiger partial charge in [0.2, 0.25) is 0 Å². The Hall–Kier alpha value is -2.06. The van der Waals surface area contributed by atoms with Crippen LogP contribution in [0.3, 0.4) is 0 Å². The van der Waals surface area contributed by atoms with E-state index in [1.807, 2.05) is 24.4 Å². The molecule has 0 saturated heterocycles. The number of pyridine rings is 1. The largest absolute Gasteiger partial charge is 0.340 e. The van der Waals surface area contributed by atoms with Gasteiger partial charge in [-0.15, -0.1) is 11.6 Å². The van der Waals surface area contributed by atoms with Crippen molar-refractivity contribution in [1.82, 2.24) is 4.98 Å². The molecule has 20 heavy (non-hydrogen) atoms. The number of hydrogen-bond donors (Lipinski definition) is 1. The molecule has 3 aromatic rings. The first-order chi connectivity index (χ1) is 9.86. The van der Waals surface area contributed by atoms with Gasteiger partial charge in [0, 0.05) is 23.2 Å². The number of nitrogens with one attached hydrogen (secondary N) is 1. The lowest BCUT2D eigenvalue weighted by molar-refractivity contribution is 1.15. The van der Waals surface area contributed by atoms with E-state index in [2.05, 4.69) is 46.7 Å². The second-order valence-corrected chi connectivity index (χ2v) is 5.02. The molecule has 0 aliphatic rings. The molecule has 0 amide bonds. The molecule has 0 bridgehead atoms. The van der Waals surface area contributed by atoms with Crippen LogP contribution in [-0.2, 0) is 6.42 Å². The minimum atomic E-state index is 0.650. The molecule has 0 radical (unpaired) electrons. The molecule has 0 unspecified atom stereocenters. The third kappa shape index (κ3) is 2.75. The summed E-state index contributed by atoms with van der Waals surface area (Å²) < 4.78 is 0. The van der Waals surface area contributed by atoms with Crippen LogP contribution in [-0.4, -0.2) is 10.9 Å². The van der Waals surface area contributed by atoms with E-state index in [-0.39, 0.29) is 0 Å². The fraction of sp³-hybridized carbons (Fsp3) is 0.118. The minimum absolute atomic E-state index is 0.650. The lowest BCUT2D eigenvalue weighted by Crippen LogP contribution is -1.95. The maximum atomic E-state index is 5.75. The monoisotopic (exact) mass is 282 g/mol. The predicted octanol–water partition coefficient (Wildman–Crippen LogP) is 4.76. The van der Waals surface area contributed by atoms with Crippen molar-refractivity contribution in [2.45, 2.75) is 6.42 Å². The van der Waals surface area contributed by atoms with Crippen molar-refractivity contribution < 1.29 is 0 Å². The first kappa shape index (κ1) is 12.9. The number of rotatable bonds is 4. The molecule has 0 aliphatic heterocycles. The van der Waals surface area contributed by atoms with Crippen LogP contribution < -0.4 is 5.32 Å². The zero-order valence-corrected chi connectivity index (χ0v) is 11.8. The van der Waals surface area contributed by atoms with E-state index in [0.717, 1.165) is 23.3 Å². The summed E-state index contributed by atoms with van der Waals surface area (Å²) in [7, 11) is 0. The van der Waals surface area contributed by atoms with Gasteiger partial charge in [0.15, 0.2) is 0 Å². The van der Waals surface area contributed by atoms with Gasteiger partial charge in [-0.25, -0.2) is 4.98 Å². The molecule has 0 aliphatic carbocycles. The summed E-state index contributed by atoms with van der Waals surface area (Å²) in [5.74, 6) is 1.53. The number of halogens is 1. The van der Waals surface area contributed by atoms with Crippen LogP contribution in [0, 0.1) is 0 Å². The van der Waals surface area contributed by atoms with Gasteiger partial charge in [-0.1, -0.05) is 36.4 Å². The van der Waals surface area contributed by atoms with Gasteiger partial charge in [0.05, 0.1) is 0 Å². The Bertz CT molecular complexity index is 702. The van der Waals surface area contributed by atoms with Crippen LogP contribution >= 0.6 is 11.6 Å². The van der Waals surface area contributed by atoms with E-state index in [4.69, 9.17) is 11.6 Å². The van der Waals surface area contributed by atoms with Gasteiger partial charge >= 0.3 is 0 Å². The first-order valence-electron chi connectivity index (χ1n) is 6.62. The maximum absolute atomic E-state index is 5.75. The van der Waals surface area contributed by atoms with Crippen molar-refractivity contribution in [3.8, 4) is 0 Å². The van der Waals surface area contributed by atoms with E-state index in [9.17, 15) is 0 Å². The molecule has 3 heteroatoms. The molecular weight excluding hydrogens is 268 g/mol. The lowest BCUT2D eigenvalue weighted by Gasteiger charge is -2.09. The van der Waals surface area contributed by atoms with Gasteiger partial charge in [-0.2, -0.15) is 0 Å². The molecule has 100 valence electrons. The molecule has 2 nitrogen and oxygen atoms in total. The van der Waals surface area contributed by atoms with Gasteiger partial charge in [-0.05, 0) is 35.6 Å². The van der Waals surface area contributed by atoms with Crippen LogP contribution in [0.1, 0.15) is 5.56 Å². The third-order valence-electron chi connectivity index (χ3n) is 3.27. The summed E-state index contributed by atoms with van der Waals surface area (Å²) in [4.78, 5) is 4.43. The fourth-order valence-electron chi connectivity index (χ4n) is 2.22. The van der Waals surface area contributed by atoms with Crippen LogP contribution in [0.4, 0.5) is 11.5 Å². The van der Waals surface area contributed by atoms with E-state index in [1.165, 1.54) is 10.9 Å². The molecule has 1 N–H and O–H groups in total. The van der Waals surface area contributed by atoms with Crippen LogP contribution in [0.25, 0.3) is 10.8 Å². The molecule has 0 spiro atoms. The highest BCUT2D eigenvalue weighted by Gasteiger charge is 2.02. The van der Waals surface area contributed by atoms with Crippen molar-refractivity contribution in [1.29, 1.82) is 0 Å². The summed E-state index contributed by atoms with van der Waals surface area (Å²) in [5, 5.41) is 5.68. The summed E-state index contributed by atoms with van der Waals surface area (Å²) in [6.45, 7) is 0. The first-order valence-corrected chi connectivity index (χ1v) is 7.16. The molecule has 0 atom stereocenters. The second-order valence-electron chi connectivity index (χ2n) is 4.64. The second kappa shape index (κ2) is 5.93. The van der Waals surface area contributed by atoms with Crippen LogP contribution in [0.2, 0.25) is 0 Å². The highest BCUT2D eigenvalue weighted by molar-refractivity contribution is 6.18. The predicted molar refractivity (Wildman–Crippen MR) is 85.9 cm³/mol. The van der Waals surface area contributed by atoms with Crippen molar-refractivity contribution in [3.05, 3.63) is 66.4 Å². The Morgan fingerprint density at radius 2 is 1.75 bits per heavy atom. The number of hydrogen-bond acceptors (Lipinski definition) is 2. The number of nitrogens with zero attached hydrogens (tertiary/aromatic N) is 1. The maximum Gasteiger partial charge on any atom is 0.138 e. The number of aromatic nitrogens is 1. The molecule has 2 aromatic carbocycles. The number of alkyl halides is 1. The number of benzene rings is 2. The minimum Gasteiger partial charge on any atom is -0.340 e. The molecule has 1 heterocycles. The van der Waals surface area contributed by atoms with Gasteiger partial charge in [0.25, 0.3) is 0 Å². The van der Waals surface area contributed by atoms with Crippen molar-refractivity contribution in [3.63, 3.8) is 0 Å². The highest BCUT2D eigenvalue weighted by atomic mass is 35.5. The smallest absolute Gasteiger partial charge is 0.138 e. The fourth-order valence-corrected chi connectivity index (χ4v) is 2.44. The Morgan fingerprint density at radius 3 is 2.55 bits per heavy atom. The Morgan fingerprint density at radius 1 is 0.950 bits per heavy atom. The average molecular weight is 283 g/mol. The number of anilines is 2. The highest BCUT2D eigenvalue weighted by Crippen LogP contribution is 2.24. The summed E-state index contributed by atoms with van der Waals surface area (Å²) >= 11 is 5.75.